The van der Waals surface area contributed by atoms with E-state index < -0.39 is 26.6 Å². The largest absolute Gasteiger partial charge is 0.369 e. The summed E-state index contributed by atoms with van der Waals surface area (Å²) >= 11 is 11.8. The molecule has 248 valence electrons. The first-order chi connectivity index (χ1) is 19.1. The molecule has 0 radical (unpaired) electrons. The highest BCUT2D eigenvalue weighted by molar-refractivity contribution is 7.72. The Balaban J connectivity index is 0. The molecule has 1 aromatic rings. The van der Waals surface area contributed by atoms with Crippen molar-refractivity contribution in [3.05, 3.63) is 29.8 Å². The quantitative estimate of drug-likeness (QED) is 0.0711. The number of halogens is 4. The van der Waals surface area contributed by atoms with Crippen molar-refractivity contribution in [1.82, 2.24) is 5.32 Å². The number of amides is 1. The summed E-state index contributed by atoms with van der Waals surface area (Å²) < 4.78 is 49.2. The monoisotopic (exact) mass is 717 g/mol. The normalized spacial score (nSPS) is 12.4. The average Bonchev–Trinajstić information content (AvgIpc) is 2.91. The predicted octanol–water partition coefficient (Wildman–Crippen LogP) is 6.83. The van der Waals surface area contributed by atoms with Gasteiger partial charge in [-0.05, 0) is 64.7 Å². The number of carbonyl (C=O) groups is 1. The van der Waals surface area contributed by atoms with Gasteiger partial charge >= 0.3 is 15.2 Å². The molecule has 16 heteroatoms. The van der Waals surface area contributed by atoms with Crippen molar-refractivity contribution in [2.45, 2.75) is 64.8 Å². The van der Waals surface area contributed by atoms with Crippen molar-refractivity contribution in [3.63, 3.8) is 0 Å². The van der Waals surface area contributed by atoms with Gasteiger partial charge in [-0.2, -0.15) is 0 Å². The fourth-order valence-electron chi connectivity index (χ4n) is 4.19. The van der Waals surface area contributed by atoms with Crippen LogP contribution in [0.3, 0.4) is 0 Å². The average molecular weight is 719 g/mol. The zero-order valence-electron chi connectivity index (χ0n) is 25.0. The highest BCUT2D eigenvalue weighted by Crippen LogP contribution is 2.71. The molecule has 0 saturated carbocycles. The first-order valence-electron chi connectivity index (χ1n) is 13.9. The Morgan fingerprint density at radius 3 is 1.71 bits per heavy atom. The number of hydrogen-bond donors (Lipinski definition) is 2. The van der Waals surface area contributed by atoms with Crippen molar-refractivity contribution in [1.29, 1.82) is 0 Å². The molecule has 0 aliphatic heterocycles. The number of alkyl halides is 2. The maximum Gasteiger partial charge on any atom is 0.345 e. The smallest absolute Gasteiger partial charge is 0.345 e. The lowest BCUT2D eigenvalue weighted by Gasteiger charge is -2.31. The van der Waals surface area contributed by atoms with E-state index in [1.165, 1.54) is 0 Å². The number of rotatable bonds is 23. The molecule has 3 N–H and O–H groups in total. The van der Waals surface area contributed by atoms with E-state index in [9.17, 15) is 13.9 Å². The number of carbonyl (C=O) groups excluding carboxylic acids is 1. The number of nitrogens with zero attached hydrogens (tertiary/aromatic N) is 1. The van der Waals surface area contributed by atoms with Crippen molar-refractivity contribution in [2.24, 2.45) is 5.73 Å². The lowest BCUT2D eigenvalue weighted by molar-refractivity contribution is -0.122. The number of benzene rings is 1. The van der Waals surface area contributed by atoms with Crippen LogP contribution in [0.25, 0.3) is 0 Å². The summed E-state index contributed by atoms with van der Waals surface area (Å²) in [4.78, 5) is 14.7. The van der Waals surface area contributed by atoms with Gasteiger partial charge in [-0.3, -0.25) is 13.9 Å². The van der Waals surface area contributed by atoms with Crippen LogP contribution in [0.15, 0.2) is 24.3 Å². The zero-order valence-corrected chi connectivity index (χ0v) is 29.9. The fraction of sp³-hybridized carbons (Fsp3) is 0.731. The molecule has 0 saturated heterocycles. The zero-order chi connectivity index (χ0) is 30.0. The molecule has 1 aromatic carbocycles. The van der Waals surface area contributed by atoms with E-state index in [1.807, 2.05) is 24.3 Å². The first-order valence-corrected chi connectivity index (χ1v) is 18.2. The number of hydrogen-bond acceptors (Lipinski definition) is 9. The van der Waals surface area contributed by atoms with Gasteiger partial charge in [-0.15, -0.1) is 48.0 Å². The van der Waals surface area contributed by atoms with E-state index in [2.05, 4.69) is 10.2 Å². The van der Waals surface area contributed by atoms with Crippen LogP contribution in [-0.4, -0.2) is 75.2 Å². The second-order valence-electron chi connectivity index (χ2n) is 8.86. The second-order valence-corrected chi connectivity index (χ2v) is 14.5. The van der Waals surface area contributed by atoms with Gasteiger partial charge in [-0.1, -0.05) is 18.6 Å². The maximum atomic E-state index is 13.6. The van der Waals surface area contributed by atoms with E-state index in [0.29, 0.717) is 50.7 Å². The number of anilines is 1. The first kappa shape index (κ1) is 44.0. The third kappa shape index (κ3) is 14.8. The van der Waals surface area contributed by atoms with E-state index in [-0.39, 0.29) is 63.6 Å². The van der Waals surface area contributed by atoms with E-state index in [0.717, 1.165) is 11.3 Å². The van der Waals surface area contributed by atoms with Crippen LogP contribution in [0.4, 0.5) is 5.69 Å². The van der Waals surface area contributed by atoms with Crippen molar-refractivity contribution >= 4 is 74.8 Å². The molecule has 0 spiro atoms. The van der Waals surface area contributed by atoms with E-state index in [4.69, 9.17) is 47.0 Å². The lowest BCUT2D eigenvalue weighted by atomic mass is 10.1. The van der Waals surface area contributed by atoms with Gasteiger partial charge in [0.15, 0.2) is 5.40 Å². The minimum Gasteiger partial charge on any atom is -0.369 e. The molecule has 0 aliphatic rings. The van der Waals surface area contributed by atoms with E-state index in [1.54, 1.807) is 27.7 Å². The minimum atomic E-state index is -3.79. The Bertz CT molecular complexity index is 895. The second kappa shape index (κ2) is 24.2. The van der Waals surface area contributed by atoms with Crippen molar-refractivity contribution < 1.29 is 32.0 Å². The number of nitrogens with one attached hydrogen (secondary N) is 1. The number of nitrogens with two attached hydrogens (primary N) is 1. The highest BCUT2D eigenvalue weighted by Gasteiger charge is 2.50. The van der Waals surface area contributed by atoms with Crippen LogP contribution >= 0.6 is 63.2 Å². The van der Waals surface area contributed by atoms with Gasteiger partial charge in [0.05, 0.1) is 32.5 Å². The van der Waals surface area contributed by atoms with Gasteiger partial charge in [0.25, 0.3) is 0 Å². The molecule has 42 heavy (non-hydrogen) atoms. The molecule has 0 aromatic heterocycles. The van der Waals surface area contributed by atoms with E-state index >= 15 is 0 Å². The van der Waals surface area contributed by atoms with Gasteiger partial charge in [-0.25, -0.2) is 0 Å². The predicted molar refractivity (Wildman–Crippen MR) is 179 cm³/mol. The summed E-state index contributed by atoms with van der Waals surface area (Å²) in [6.45, 7) is 9.03. The lowest BCUT2D eigenvalue weighted by Crippen LogP contribution is -2.42. The maximum absolute atomic E-state index is 13.6. The summed E-state index contributed by atoms with van der Waals surface area (Å²) in [5, 5.41) is 1.79. The molecule has 1 amide bonds. The molecule has 0 unspecified atom stereocenters. The third-order valence-corrected chi connectivity index (χ3v) is 12.4. The molecule has 0 aliphatic carbocycles. The summed E-state index contributed by atoms with van der Waals surface area (Å²) in [7, 11) is -7.57. The molecule has 0 fully saturated rings. The Hall–Kier alpha value is -0.0900. The molecule has 0 heterocycles. The standard InChI is InChI=1S/C26H47Cl2N3O7P2.2ClH/c1-5-35-39(33,36-6-2)25(40(34,37-7-3)38-8-4)11-9-10-18-30-26(32)24(29)21-22-12-14-23(15-13-22)31(19-16-27)20-17-28;;/h12-15,24-25H,5-11,16-21,29H2,1-4H3,(H,30,32);2*1H/t24-;;/m0../s1. The van der Waals surface area contributed by atoms with Gasteiger partial charge < -0.3 is 34.0 Å². The molecule has 1 atom stereocenters. The molecular weight excluding hydrogens is 670 g/mol. The van der Waals surface area contributed by atoms with Crippen LogP contribution in [0.5, 0.6) is 0 Å². The minimum absolute atomic E-state index is 0. The Morgan fingerprint density at radius 1 is 0.857 bits per heavy atom. The van der Waals surface area contributed by atoms with Crippen LogP contribution in [-0.2, 0) is 38.4 Å². The van der Waals surface area contributed by atoms with Crippen LogP contribution in [0, 0.1) is 0 Å². The molecule has 1 rings (SSSR count). The fourth-order valence-corrected chi connectivity index (χ4v) is 10.1. The van der Waals surface area contributed by atoms with Gasteiger partial charge in [0, 0.05) is 37.1 Å². The summed E-state index contributed by atoms with van der Waals surface area (Å²) in [5.41, 5.74) is 8.11. The number of unbranched alkanes of at least 4 members (excludes halogenated alkanes) is 1. The summed E-state index contributed by atoms with van der Waals surface area (Å²) in [5.74, 6) is 0.734. The van der Waals surface area contributed by atoms with Gasteiger partial charge in [0.1, 0.15) is 0 Å². The topological polar surface area (TPSA) is 129 Å². The van der Waals surface area contributed by atoms with Crippen LogP contribution < -0.4 is 16.0 Å². The van der Waals surface area contributed by atoms with Crippen LogP contribution in [0.2, 0.25) is 0 Å². The Labute approximate surface area is 274 Å². The molecule has 10 nitrogen and oxygen atoms in total. The van der Waals surface area contributed by atoms with Crippen LogP contribution in [0.1, 0.15) is 52.5 Å². The highest BCUT2D eigenvalue weighted by atomic mass is 35.5. The summed E-state index contributed by atoms with van der Waals surface area (Å²) in [6.07, 6.45) is 1.62. The Kier molecular flexibility index (Phi) is 25.4. The molecule has 0 bridgehead atoms. The SMILES string of the molecule is CCOP(=O)(OCC)C(CCCCNC(=O)[C@@H](N)Cc1ccc(N(CCCl)CCCl)cc1)P(=O)(OCC)OCC.Cl.Cl. The van der Waals surface area contributed by atoms with Crippen molar-refractivity contribution in [3.8, 4) is 0 Å². The van der Waals surface area contributed by atoms with Crippen molar-refractivity contribution in [2.75, 3.05) is 62.7 Å². The summed E-state index contributed by atoms with van der Waals surface area (Å²) in [6, 6.07) is 7.13. The van der Waals surface area contributed by atoms with Gasteiger partial charge in [0.2, 0.25) is 5.91 Å². The Morgan fingerprint density at radius 2 is 1.31 bits per heavy atom. The molecular formula is C26H49Cl4N3O7P2. The third-order valence-electron chi connectivity index (χ3n) is 5.96.